The van der Waals surface area contributed by atoms with E-state index in [9.17, 15) is 0 Å². The van der Waals surface area contributed by atoms with Crippen LogP contribution >= 0.6 is 24.0 Å². The zero-order chi connectivity index (χ0) is 20.7. The SMILES string of the molecule is CCNC(=NCCCCCCCN(C)C)N1CCC(OCC2CCCCO2)CC1.I. The maximum Gasteiger partial charge on any atom is 0.193 e. The molecule has 1 unspecified atom stereocenters. The first-order valence-electron chi connectivity index (χ1n) is 12.1. The monoisotopic (exact) mass is 538 g/mol. The number of aliphatic imine (C=N–C) groups is 1. The summed E-state index contributed by atoms with van der Waals surface area (Å²) in [5, 5.41) is 3.48. The van der Waals surface area contributed by atoms with Gasteiger partial charge in [0.1, 0.15) is 0 Å². The van der Waals surface area contributed by atoms with Gasteiger partial charge in [0, 0.05) is 32.8 Å². The Labute approximate surface area is 202 Å². The number of rotatable bonds is 12. The molecule has 2 aliphatic heterocycles. The van der Waals surface area contributed by atoms with Gasteiger partial charge in [-0.15, -0.1) is 24.0 Å². The third kappa shape index (κ3) is 12.1. The van der Waals surface area contributed by atoms with E-state index in [2.05, 4.69) is 36.1 Å². The lowest BCUT2D eigenvalue weighted by Crippen LogP contribution is -2.47. The Balaban J connectivity index is 0.00000450. The lowest BCUT2D eigenvalue weighted by molar-refractivity contribution is -0.0721. The molecule has 0 aromatic heterocycles. The predicted octanol–water partition coefficient (Wildman–Crippen LogP) is 4.13. The van der Waals surface area contributed by atoms with Gasteiger partial charge in [-0.1, -0.05) is 19.3 Å². The summed E-state index contributed by atoms with van der Waals surface area (Å²) in [6.45, 7) is 8.97. The van der Waals surface area contributed by atoms with Crippen molar-refractivity contribution in [3.05, 3.63) is 0 Å². The van der Waals surface area contributed by atoms with Gasteiger partial charge in [0.15, 0.2) is 5.96 Å². The molecule has 0 aliphatic carbocycles. The summed E-state index contributed by atoms with van der Waals surface area (Å²) < 4.78 is 11.9. The molecule has 2 saturated heterocycles. The first-order chi connectivity index (χ1) is 14.2. The largest absolute Gasteiger partial charge is 0.376 e. The summed E-state index contributed by atoms with van der Waals surface area (Å²) in [7, 11) is 4.30. The molecular weight excluding hydrogens is 491 g/mol. The zero-order valence-corrected chi connectivity index (χ0v) is 22.1. The second-order valence-electron chi connectivity index (χ2n) is 8.82. The fourth-order valence-corrected chi connectivity index (χ4v) is 4.10. The number of nitrogens with one attached hydrogen (secondary N) is 1. The number of guanidine groups is 1. The van der Waals surface area contributed by atoms with E-state index in [4.69, 9.17) is 14.5 Å². The maximum absolute atomic E-state index is 6.16. The summed E-state index contributed by atoms with van der Waals surface area (Å²) in [6, 6.07) is 0. The van der Waals surface area contributed by atoms with Crippen LogP contribution in [0.15, 0.2) is 4.99 Å². The Morgan fingerprint density at radius 2 is 1.80 bits per heavy atom. The normalized spacial score (nSPS) is 21.0. The highest BCUT2D eigenvalue weighted by atomic mass is 127. The number of nitrogens with zero attached hydrogens (tertiary/aromatic N) is 3. The van der Waals surface area contributed by atoms with Crippen LogP contribution in [-0.2, 0) is 9.47 Å². The average molecular weight is 539 g/mol. The van der Waals surface area contributed by atoms with E-state index in [1.807, 2.05) is 0 Å². The molecule has 0 bridgehead atoms. The summed E-state index contributed by atoms with van der Waals surface area (Å²) >= 11 is 0. The van der Waals surface area contributed by atoms with Crippen LogP contribution in [0.2, 0.25) is 0 Å². The first-order valence-corrected chi connectivity index (χ1v) is 12.1. The van der Waals surface area contributed by atoms with Crippen LogP contribution in [0.1, 0.15) is 71.1 Å². The van der Waals surface area contributed by atoms with Gasteiger partial charge in [0.2, 0.25) is 0 Å². The van der Waals surface area contributed by atoms with Gasteiger partial charge in [-0.2, -0.15) is 0 Å². The molecule has 0 aromatic rings. The van der Waals surface area contributed by atoms with Gasteiger partial charge < -0.3 is 24.6 Å². The van der Waals surface area contributed by atoms with Gasteiger partial charge in [0.25, 0.3) is 0 Å². The lowest BCUT2D eigenvalue weighted by Gasteiger charge is -2.35. The van der Waals surface area contributed by atoms with Crippen LogP contribution in [0.25, 0.3) is 0 Å². The Bertz CT molecular complexity index is 437. The first kappa shape index (κ1) is 27.9. The second-order valence-corrected chi connectivity index (χ2v) is 8.82. The maximum atomic E-state index is 6.16. The summed E-state index contributed by atoms with van der Waals surface area (Å²) in [5.74, 6) is 1.09. The summed E-state index contributed by atoms with van der Waals surface area (Å²) in [4.78, 5) is 9.57. The summed E-state index contributed by atoms with van der Waals surface area (Å²) in [6.07, 6.45) is 13.0. The van der Waals surface area contributed by atoms with E-state index in [0.717, 1.165) is 64.6 Å². The predicted molar refractivity (Wildman–Crippen MR) is 137 cm³/mol. The molecular formula is C23H47IN4O2. The molecule has 1 N–H and O–H groups in total. The zero-order valence-electron chi connectivity index (χ0n) is 19.7. The van der Waals surface area contributed by atoms with Gasteiger partial charge in [0.05, 0.1) is 18.8 Å². The van der Waals surface area contributed by atoms with Gasteiger partial charge in [-0.25, -0.2) is 0 Å². The number of likely N-dealkylation sites (tertiary alicyclic amines) is 1. The molecule has 7 heteroatoms. The fourth-order valence-electron chi connectivity index (χ4n) is 4.10. The third-order valence-electron chi connectivity index (χ3n) is 5.89. The highest BCUT2D eigenvalue weighted by molar-refractivity contribution is 14.0. The van der Waals surface area contributed by atoms with Crippen LogP contribution in [0.4, 0.5) is 0 Å². The molecule has 178 valence electrons. The number of piperidine rings is 1. The van der Waals surface area contributed by atoms with Crippen molar-refractivity contribution in [3.63, 3.8) is 0 Å². The molecule has 1 atom stereocenters. The van der Waals surface area contributed by atoms with Crippen LogP contribution in [0.3, 0.4) is 0 Å². The van der Waals surface area contributed by atoms with Crippen molar-refractivity contribution in [1.82, 2.24) is 15.1 Å². The van der Waals surface area contributed by atoms with Crippen molar-refractivity contribution in [3.8, 4) is 0 Å². The van der Waals surface area contributed by atoms with Gasteiger partial charge in [-0.05, 0) is 72.5 Å². The Morgan fingerprint density at radius 3 is 2.47 bits per heavy atom. The van der Waals surface area contributed by atoms with Gasteiger partial charge >= 0.3 is 0 Å². The number of hydrogen-bond donors (Lipinski definition) is 1. The van der Waals surface area contributed by atoms with Crippen LogP contribution in [0, 0.1) is 0 Å². The van der Waals surface area contributed by atoms with Crippen LogP contribution < -0.4 is 5.32 Å². The molecule has 2 aliphatic rings. The molecule has 2 rings (SSSR count). The van der Waals surface area contributed by atoms with Crippen molar-refractivity contribution >= 4 is 29.9 Å². The fraction of sp³-hybridized carbons (Fsp3) is 0.957. The Morgan fingerprint density at radius 1 is 1.07 bits per heavy atom. The minimum absolute atomic E-state index is 0. The van der Waals surface area contributed by atoms with E-state index in [1.54, 1.807) is 0 Å². The molecule has 0 aromatic carbocycles. The third-order valence-corrected chi connectivity index (χ3v) is 5.89. The molecule has 0 radical (unpaired) electrons. The van der Waals surface area contributed by atoms with E-state index in [0.29, 0.717) is 12.2 Å². The van der Waals surface area contributed by atoms with Crippen molar-refractivity contribution < 1.29 is 9.47 Å². The number of halogens is 1. The van der Waals surface area contributed by atoms with Crippen LogP contribution in [0.5, 0.6) is 0 Å². The standard InChI is InChI=1S/C23H46N4O2.HI/c1-4-24-23(25-15-9-6-5-7-10-16-26(2)3)27-17-13-21(14-18-27)29-20-22-12-8-11-19-28-22;/h21-22H,4-20H2,1-3H3,(H,24,25);1H. The molecule has 2 fully saturated rings. The summed E-state index contributed by atoms with van der Waals surface area (Å²) in [5.41, 5.74) is 0. The van der Waals surface area contributed by atoms with Crippen molar-refractivity contribution in [2.75, 3.05) is 60.0 Å². The van der Waals surface area contributed by atoms with E-state index in [1.165, 1.54) is 51.5 Å². The molecule has 0 spiro atoms. The quantitative estimate of drug-likeness (QED) is 0.175. The van der Waals surface area contributed by atoms with Crippen molar-refractivity contribution in [2.24, 2.45) is 4.99 Å². The average Bonchev–Trinajstić information content (AvgIpc) is 2.74. The Hall–Kier alpha value is -0.120. The van der Waals surface area contributed by atoms with Crippen LogP contribution in [-0.4, -0.2) is 88.0 Å². The molecule has 2 heterocycles. The van der Waals surface area contributed by atoms with Crippen molar-refractivity contribution in [2.45, 2.75) is 83.3 Å². The molecule has 0 amide bonds. The smallest absolute Gasteiger partial charge is 0.193 e. The van der Waals surface area contributed by atoms with E-state index >= 15 is 0 Å². The van der Waals surface area contributed by atoms with E-state index in [-0.39, 0.29) is 24.0 Å². The molecule has 6 nitrogen and oxygen atoms in total. The minimum atomic E-state index is 0. The topological polar surface area (TPSA) is 49.3 Å². The number of ether oxygens (including phenoxy) is 2. The van der Waals surface area contributed by atoms with E-state index < -0.39 is 0 Å². The lowest BCUT2D eigenvalue weighted by atomic mass is 10.1. The number of hydrogen-bond acceptors (Lipinski definition) is 4. The highest BCUT2D eigenvalue weighted by Gasteiger charge is 2.23. The van der Waals surface area contributed by atoms with Crippen molar-refractivity contribution in [1.29, 1.82) is 0 Å². The second kappa shape index (κ2) is 17.4. The molecule has 30 heavy (non-hydrogen) atoms. The highest BCUT2D eigenvalue weighted by Crippen LogP contribution is 2.18. The molecule has 0 saturated carbocycles. The van der Waals surface area contributed by atoms with Gasteiger partial charge in [-0.3, -0.25) is 4.99 Å². The number of unbranched alkanes of at least 4 members (excludes halogenated alkanes) is 4. The minimum Gasteiger partial charge on any atom is -0.376 e. The Kier molecular flexibility index (Phi) is 16.2.